The highest BCUT2D eigenvalue weighted by Gasteiger charge is 2.30. The minimum atomic E-state index is -4.49. The van der Waals surface area contributed by atoms with Gasteiger partial charge >= 0.3 is 6.18 Å². The Hall–Kier alpha value is -2.61. The Balaban J connectivity index is 2.33. The maximum absolute atomic E-state index is 12.6. The highest BCUT2D eigenvalue weighted by Crippen LogP contribution is 2.32. The van der Waals surface area contributed by atoms with Crippen LogP contribution in [0.5, 0.6) is 11.6 Å². The summed E-state index contributed by atoms with van der Waals surface area (Å²) < 4.78 is 43.1. The molecule has 0 atom stereocenters. The third kappa shape index (κ3) is 3.48. The van der Waals surface area contributed by atoms with Gasteiger partial charge in [-0.25, -0.2) is 10.8 Å². The van der Waals surface area contributed by atoms with Crippen molar-refractivity contribution in [1.29, 1.82) is 0 Å². The molecule has 0 saturated carbocycles. The number of halogens is 3. The summed E-state index contributed by atoms with van der Waals surface area (Å²) >= 11 is 0. The Morgan fingerprint density at radius 3 is 2.67 bits per heavy atom. The quantitative estimate of drug-likeness (QED) is 0.518. The van der Waals surface area contributed by atoms with Gasteiger partial charge in [-0.3, -0.25) is 10.2 Å². The van der Waals surface area contributed by atoms with Crippen LogP contribution in [-0.2, 0) is 6.18 Å². The fourth-order valence-corrected chi connectivity index (χ4v) is 1.57. The maximum atomic E-state index is 12.6. The zero-order valence-electron chi connectivity index (χ0n) is 10.5. The Bertz CT molecular complexity index is 659. The van der Waals surface area contributed by atoms with E-state index in [-0.39, 0.29) is 17.2 Å². The summed E-state index contributed by atoms with van der Waals surface area (Å²) in [7, 11) is 0. The number of nitrogens with zero attached hydrogens (tertiary/aromatic N) is 1. The number of aromatic nitrogens is 1. The van der Waals surface area contributed by atoms with Gasteiger partial charge in [0, 0.05) is 6.20 Å². The van der Waals surface area contributed by atoms with Crippen LogP contribution >= 0.6 is 0 Å². The van der Waals surface area contributed by atoms with Crippen molar-refractivity contribution in [3.05, 3.63) is 53.7 Å². The van der Waals surface area contributed by atoms with Crippen LogP contribution in [0.4, 0.5) is 13.2 Å². The average Bonchev–Trinajstić information content (AvgIpc) is 2.46. The minimum absolute atomic E-state index is 0.0115. The molecule has 0 aliphatic carbocycles. The molecule has 0 aliphatic rings. The average molecular weight is 297 g/mol. The summed E-state index contributed by atoms with van der Waals surface area (Å²) in [5, 5.41) is 0. The van der Waals surface area contributed by atoms with Gasteiger partial charge in [0.25, 0.3) is 5.91 Å². The van der Waals surface area contributed by atoms with E-state index in [9.17, 15) is 18.0 Å². The summed E-state index contributed by atoms with van der Waals surface area (Å²) in [5.74, 6) is 4.13. The molecule has 0 fully saturated rings. The van der Waals surface area contributed by atoms with E-state index in [0.29, 0.717) is 0 Å². The highest BCUT2D eigenvalue weighted by molar-refractivity contribution is 5.95. The first-order valence-corrected chi connectivity index (χ1v) is 5.73. The lowest BCUT2D eigenvalue weighted by Crippen LogP contribution is -2.30. The standard InChI is InChI=1S/C13H10F3N3O2/c14-13(15,16)8-3-1-4-9(7-8)21-12-10(11(20)19-17)5-2-6-18-12/h1-7H,17H2,(H,19,20). The van der Waals surface area contributed by atoms with Gasteiger partial charge in [-0.05, 0) is 30.3 Å². The van der Waals surface area contributed by atoms with Gasteiger partial charge in [0.1, 0.15) is 11.3 Å². The number of amides is 1. The van der Waals surface area contributed by atoms with Crippen LogP contribution in [0.3, 0.4) is 0 Å². The normalized spacial score (nSPS) is 11.0. The third-order valence-electron chi connectivity index (χ3n) is 2.52. The lowest BCUT2D eigenvalue weighted by Gasteiger charge is -2.11. The van der Waals surface area contributed by atoms with Crippen molar-refractivity contribution in [2.75, 3.05) is 0 Å². The summed E-state index contributed by atoms with van der Waals surface area (Å²) in [5.41, 5.74) is 1.06. The number of carbonyl (C=O) groups excluding carboxylic acids is 1. The molecule has 110 valence electrons. The second-order valence-corrected chi connectivity index (χ2v) is 3.96. The third-order valence-corrected chi connectivity index (χ3v) is 2.52. The molecule has 0 aliphatic heterocycles. The van der Waals surface area contributed by atoms with E-state index in [4.69, 9.17) is 10.6 Å². The first-order chi connectivity index (χ1) is 9.91. The van der Waals surface area contributed by atoms with Crippen LogP contribution in [0.2, 0.25) is 0 Å². The number of nitrogen functional groups attached to an aromatic ring is 1. The molecule has 1 aromatic carbocycles. The Morgan fingerprint density at radius 1 is 1.24 bits per heavy atom. The molecular weight excluding hydrogens is 287 g/mol. The zero-order chi connectivity index (χ0) is 15.5. The van der Waals surface area contributed by atoms with Crippen LogP contribution in [-0.4, -0.2) is 10.9 Å². The topological polar surface area (TPSA) is 77.2 Å². The van der Waals surface area contributed by atoms with E-state index in [0.717, 1.165) is 12.1 Å². The molecule has 0 saturated heterocycles. The summed E-state index contributed by atoms with van der Waals surface area (Å²) in [6.45, 7) is 0. The molecule has 1 heterocycles. The monoisotopic (exact) mass is 297 g/mol. The number of pyridine rings is 1. The molecule has 1 aromatic heterocycles. The van der Waals surface area contributed by atoms with Gasteiger partial charge in [-0.1, -0.05) is 6.07 Å². The number of nitrogens with two attached hydrogens (primary N) is 1. The largest absolute Gasteiger partial charge is 0.438 e. The van der Waals surface area contributed by atoms with E-state index in [1.807, 2.05) is 5.43 Å². The summed E-state index contributed by atoms with van der Waals surface area (Å²) in [4.78, 5) is 15.3. The summed E-state index contributed by atoms with van der Waals surface area (Å²) in [6.07, 6.45) is -3.14. The van der Waals surface area contributed by atoms with E-state index >= 15 is 0 Å². The van der Waals surface area contributed by atoms with E-state index < -0.39 is 17.6 Å². The maximum Gasteiger partial charge on any atom is 0.416 e. The first-order valence-electron chi connectivity index (χ1n) is 5.73. The molecule has 0 unspecified atom stereocenters. The Labute approximate surface area is 117 Å². The number of hydrogen-bond donors (Lipinski definition) is 2. The van der Waals surface area contributed by atoms with Gasteiger partial charge in [0.15, 0.2) is 0 Å². The summed E-state index contributed by atoms with van der Waals surface area (Å²) in [6, 6.07) is 7.12. The van der Waals surface area contributed by atoms with E-state index in [1.165, 1.54) is 30.5 Å². The number of ether oxygens (including phenoxy) is 1. The lowest BCUT2D eigenvalue weighted by atomic mass is 10.2. The number of alkyl halides is 3. The minimum Gasteiger partial charge on any atom is -0.438 e. The Morgan fingerprint density at radius 2 is 2.00 bits per heavy atom. The van der Waals surface area contributed by atoms with Crippen molar-refractivity contribution in [3.8, 4) is 11.6 Å². The van der Waals surface area contributed by atoms with Crippen molar-refractivity contribution in [2.24, 2.45) is 5.84 Å². The van der Waals surface area contributed by atoms with Crippen molar-refractivity contribution >= 4 is 5.91 Å². The van der Waals surface area contributed by atoms with Crippen molar-refractivity contribution in [1.82, 2.24) is 10.4 Å². The van der Waals surface area contributed by atoms with Crippen LogP contribution < -0.4 is 16.0 Å². The fourth-order valence-electron chi connectivity index (χ4n) is 1.57. The highest BCUT2D eigenvalue weighted by atomic mass is 19.4. The number of hydrogen-bond acceptors (Lipinski definition) is 4. The van der Waals surface area contributed by atoms with Crippen LogP contribution in [0.25, 0.3) is 0 Å². The van der Waals surface area contributed by atoms with Crippen molar-refractivity contribution in [3.63, 3.8) is 0 Å². The molecule has 2 aromatic rings. The van der Waals surface area contributed by atoms with Gasteiger partial charge in [-0.2, -0.15) is 13.2 Å². The molecular formula is C13H10F3N3O2. The van der Waals surface area contributed by atoms with Gasteiger partial charge in [0.2, 0.25) is 5.88 Å². The molecule has 0 radical (unpaired) electrons. The molecule has 5 nitrogen and oxygen atoms in total. The molecule has 2 rings (SSSR count). The predicted octanol–water partition coefficient (Wildman–Crippen LogP) is 2.50. The molecule has 3 N–H and O–H groups in total. The molecule has 21 heavy (non-hydrogen) atoms. The Kier molecular flexibility index (Phi) is 4.08. The van der Waals surface area contributed by atoms with Gasteiger partial charge < -0.3 is 4.74 Å². The van der Waals surface area contributed by atoms with Crippen molar-refractivity contribution < 1.29 is 22.7 Å². The molecule has 1 amide bonds. The fraction of sp³-hybridized carbons (Fsp3) is 0.0769. The van der Waals surface area contributed by atoms with E-state index in [2.05, 4.69) is 4.98 Å². The zero-order valence-corrected chi connectivity index (χ0v) is 10.5. The lowest BCUT2D eigenvalue weighted by molar-refractivity contribution is -0.137. The molecule has 0 spiro atoms. The van der Waals surface area contributed by atoms with Crippen LogP contribution in [0.1, 0.15) is 15.9 Å². The second-order valence-electron chi connectivity index (χ2n) is 3.96. The first kappa shape index (κ1) is 14.8. The smallest absolute Gasteiger partial charge is 0.416 e. The van der Waals surface area contributed by atoms with Crippen molar-refractivity contribution in [2.45, 2.75) is 6.18 Å². The number of rotatable bonds is 3. The SMILES string of the molecule is NNC(=O)c1cccnc1Oc1cccc(C(F)(F)F)c1. The number of carbonyl (C=O) groups is 1. The predicted molar refractivity (Wildman–Crippen MR) is 67.4 cm³/mol. The van der Waals surface area contributed by atoms with Crippen LogP contribution in [0, 0.1) is 0 Å². The van der Waals surface area contributed by atoms with Gasteiger partial charge in [-0.15, -0.1) is 0 Å². The number of hydrazine groups is 1. The van der Waals surface area contributed by atoms with E-state index in [1.54, 1.807) is 0 Å². The molecule has 8 heteroatoms. The second kappa shape index (κ2) is 5.80. The molecule has 0 bridgehead atoms. The number of nitrogens with one attached hydrogen (secondary N) is 1. The van der Waals surface area contributed by atoms with Crippen LogP contribution in [0.15, 0.2) is 42.6 Å². The van der Waals surface area contributed by atoms with Gasteiger partial charge in [0.05, 0.1) is 5.56 Å². The number of benzene rings is 1.